The van der Waals surface area contributed by atoms with Crippen LogP contribution < -0.4 is 11.2 Å². The highest BCUT2D eigenvalue weighted by molar-refractivity contribution is 6.08. The maximum atomic E-state index is 9.48. The van der Waals surface area contributed by atoms with E-state index in [0.717, 1.165) is 61.1 Å². The third-order valence-electron chi connectivity index (χ3n) is 7.99. The highest BCUT2D eigenvalue weighted by atomic mass is 16.3. The molecule has 0 fully saturated rings. The normalized spacial score (nSPS) is 12.1. The number of nitrogens with zero attached hydrogens (tertiary/aromatic N) is 3. The van der Waals surface area contributed by atoms with Crippen molar-refractivity contribution in [3.05, 3.63) is 168 Å². The molecule has 222 valence electrons. The summed E-state index contributed by atoms with van der Waals surface area (Å²) in [7, 11) is 0. The molecule has 1 unspecified atom stereocenters. The number of furan rings is 1. The number of anilines is 2. The number of fused-ring (bicyclic) bond motifs is 3. The zero-order valence-corrected chi connectivity index (χ0v) is 25.0. The van der Waals surface area contributed by atoms with E-state index in [2.05, 4.69) is 41.7 Å². The van der Waals surface area contributed by atoms with E-state index in [0.29, 0.717) is 12.1 Å². The van der Waals surface area contributed by atoms with Gasteiger partial charge in [-0.1, -0.05) is 103 Å². The number of rotatable bonds is 9. The van der Waals surface area contributed by atoms with Gasteiger partial charge in [-0.05, 0) is 64.7 Å². The first kappa shape index (κ1) is 28.8. The predicted octanol–water partition coefficient (Wildman–Crippen LogP) is 9.36. The first-order valence-electron chi connectivity index (χ1n) is 15.1. The van der Waals surface area contributed by atoms with E-state index in [4.69, 9.17) is 15.3 Å². The van der Waals surface area contributed by atoms with Crippen LogP contribution in [0.3, 0.4) is 0 Å². The van der Waals surface area contributed by atoms with Crippen LogP contribution in [0.4, 0.5) is 11.4 Å². The molecule has 7 rings (SSSR count). The lowest BCUT2D eigenvalue weighted by Crippen LogP contribution is -2.34. The average Bonchev–Trinajstić information content (AvgIpc) is 3.47. The van der Waals surface area contributed by atoms with E-state index in [-0.39, 0.29) is 0 Å². The van der Waals surface area contributed by atoms with Crippen LogP contribution in [0.25, 0.3) is 33.1 Å². The van der Waals surface area contributed by atoms with Gasteiger partial charge in [-0.15, -0.1) is 0 Å². The molecule has 0 saturated carbocycles. The number of nitriles is 1. The van der Waals surface area contributed by atoms with E-state index >= 15 is 0 Å². The predicted molar refractivity (Wildman–Crippen MR) is 187 cm³/mol. The molecule has 46 heavy (non-hydrogen) atoms. The minimum atomic E-state index is -0.476. The van der Waals surface area contributed by atoms with Gasteiger partial charge in [-0.25, -0.2) is 5.01 Å². The number of para-hydroxylation sites is 1. The maximum absolute atomic E-state index is 9.48. The van der Waals surface area contributed by atoms with Crippen LogP contribution in [-0.2, 0) is 6.54 Å². The quantitative estimate of drug-likeness (QED) is 0.0983. The minimum absolute atomic E-state index is 0.476. The first-order valence-corrected chi connectivity index (χ1v) is 15.1. The van der Waals surface area contributed by atoms with Gasteiger partial charge < -0.3 is 9.73 Å². The molecule has 0 radical (unpaired) electrons. The molecule has 0 aliphatic rings. The molecule has 0 saturated heterocycles. The first-order chi connectivity index (χ1) is 22.6. The van der Waals surface area contributed by atoms with Crippen molar-refractivity contribution in [2.24, 2.45) is 10.8 Å². The van der Waals surface area contributed by atoms with Crippen LogP contribution in [0.2, 0.25) is 0 Å². The van der Waals surface area contributed by atoms with Gasteiger partial charge in [0.25, 0.3) is 0 Å². The molecule has 0 amide bonds. The van der Waals surface area contributed by atoms with Crippen LogP contribution in [0.5, 0.6) is 0 Å². The van der Waals surface area contributed by atoms with Crippen LogP contribution >= 0.6 is 0 Å². The Balaban J connectivity index is 1.18. The number of hydrazine groups is 1. The Labute approximate surface area is 267 Å². The lowest BCUT2D eigenvalue weighted by molar-refractivity contribution is 0.199. The number of hydrogen-bond acceptors (Lipinski definition) is 6. The Hall–Kier alpha value is -6.00. The summed E-state index contributed by atoms with van der Waals surface area (Å²) in [6.45, 7) is 0.503. The summed E-state index contributed by atoms with van der Waals surface area (Å²) in [4.78, 5) is 4.90. The Morgan fingerprint density at radius 3 is 2.28 bits per heavy atom. The fourth-order valence-corrected chi connectivity index (χ4v) is 5.71. The summed E-state index contributed by atoms with van der Waals surface area (Å²) >= 11 is 0. The second kappa shape index (κ2) is 12.9. The molecule has 0 spiro atoms. The fourth-order valence-electron chi connectivity index (χ4n) is 5.71. The van der Waals surface area contributed by atoms with Gasteiger partial charge in [-0.3, -0.25) is 10.8 Å². The minimum Gasteiger partial charge on any atom is -0.456 e. The molecule has 1 atom stereocenters. The topological polar surface area (TPSA) is 90.6 Å². The second-order valence-electron chi connectivity index (χ2n) is 11.2. The van der Waals surface area contributed by atoms with Crippen molar-refractivity contribution in [2.75, 3.05) is 5.32 Å². The van der Waals surface area contributed by atoms with Crippen LogP contribution in [-0.4, -0.2) is 11.2 Å². The van der Waals surface area contributed by atoms with E-state index in [1.807, 2.05) is 115 Å². The van der Waals surface area contributed by atoms with Crippen molar-refractivity contribution in [3.63, 3.8) is 0 Å². The van der Waals surface area contributed by atoms with Crippen LogP contribution in [0, 0.1) is 11.3 Å². The van der Waals surface area contributed by atoms with Crippen molar-refractivity contribution in [3.8, 4) is 17.2 Å². The van der Waals surface area contributed by atoms with Gasteiger partial charge in [0.15, 0.2) is 0 Å². The van der Waals surface area contributed by atoms with Gasteiger partial charge in [0.1, 0.15) is 17.3 Å². The van der Waals surface area contributed by atoms with Crippen molar-refractivity contribution in [1.82, 2.24) is 5.01 Å². The summed E-state index contributed by atoms with van der Waals surface area (Å²) < 4.78 is 6.21. The van der Waals surface area contributed by atoms with Crippen molar-refractivity contribution in [2.45, 2.75) is 12.7 Å². The zero-order valence-electron chi connectivity index (χ0n) is 25.0. The molecule has 7 aromatic rings. The van der Waals surface area contributed by atoms with Crippen molar-refractivity contribution in [1.29, 1.82) is 5.26 Å². The standard InChI is InChI=1S/C40H31N5O/c41-25-30-12-9-15-32(22-30)40(45(42)27-29-10-3-1-4-11-29)43-26-28-18-20-33(21-19-28)44-37-23-36-34-16-7-8-17-38(34)46-39(36)24-35(37)31-13-5-2-6-14-31/h1-24,26,40,44H,27,42H2/b43-26+. The Morgan fingerprint density at radius 2 is 1.50 bits per heavy atom. The highest BCUT2D eigenvalue weighted by Crippen LogP contribution is 2.38. The van der Waals surface area contributed by atoms with Crippen molar-refractivity contribution >= 4 is 39.5 Å². The Bertz CT molecular complexity index is 2180. The molecule has 6 nitrogen and oxygen atoms in total. The molecule has 0 bridgehead atoms. The SMILES string of the molecule is N#Cc1cccc(C(/N=C/c2ccc(Nc3cc4c(cc3-c3ccccc3)oc3ccccc34)cc2)N(N)Cc2ccccc2)c1. The van der Waals surface area contributed by atoms with E-state index < -0.39 is 6.17 Å². The van der Waals surface area contributed by atoms with Gasteiger partial charge in [0, 0.05) is 40.5 Å². The molecule has 6 heteroatoms. The summed E-state index contributed by atoms with van der Waals surface area (Å²) in [6.07, 6.45) is 1.36. The monoisotopic (exact) mass is 597 g/mol. The van der Waals surface area contributed by atoms with Gasteiger partial charge in [0.05, 0.1) is 11.6 Å². The molecule has 0 aliphatic heterocycles. The second-order valence-corrected chi connectivity index (χ2v) is 11.2. The van der Waals surface area contributed by atoms with E-state index in [1.165, 1.54) is 0 Å². The number of nitrogens with one attached hydrogen (secondary N) is 1. The lowest BCUT2D eigenvalue weighted by atomic mass is 10.0. The van der Waals surface area contributed by atoms with E-state index in [9.17, 15) is 5.26 Å². The summed E-state index contributed by atoms with van der Waals surface area (Å²) in [5.74, 6) is 6.60. The molecule has 1 aromatic heterocycles. The molecule has 1 heterocycles. The smallest absolute Gasteiger partial charge is 0.140 e. The fraction of sp³-hybridized carbons (Fsp3) is 0.0500. The summed E-state index contributed by atoms with van der Waals surface area (Å²) in [5.41, 5.74) is 9.25. The highest BCUT2D eigenvalue weighted by Gasteiger charge is 2.18. The number of nitrogens with two attached hydrogens (primary N) is 1. The summed E-state index contributed by atoms with van der Waals surface area (Å²) in [5, 5.41) is 17.0. The molecule has 3 N–H and O–H groups in total. The zero-order chi connectivity index (χ0) is 31.3. The third-order valence-corrected chi connectivity index (χ3v) is 7.99. The summed E-state index contributed by atoms with van der Waals surface area (Å²) in [6, 6.07) is 50.6. The van der Waals surface area contributed by atoms with Crippen molar-refractivity contribution < 1.29 is 4.42 Å². The van der Waals surface area contributed by atoms with Gasteiger partial charge >= 0.3 is 0 Å². The largest absolute Gasteiger partial charge is 0.456 e. The Kier molecular flexibility index (Phi) is 8.08. The lowest BCUT2D eigenvalue weighted by Gasteiger charge is -2.25. The molecular formula is C40H31N5O. The van der Waals surface area contributed by atoms with Gasteiger partial charge in [-0.2, -0.15) is 5.26 Å². The number of aliphatic imine (C=N–C) groups is 1. The van der Waals surface area contributed by atoms with Gasteiger partial charge in [0.2, 0.25) is 0 Å². The maximum Gasteiger partial charge on any atom is 0.140 e. The average molecular weight is 598 g/mol. The third kappa shape index (κ3) is 6.15. The molecular weight excluding hydrogens is 566 g/mol. The Morgan fingerprint density at radius 1 is 0.761 bits per heavy atom. The van der Waals surface area contributed by atoms with Crippen LogP contribution in [0.1, 0.15) is 28.4 Å². The van der Waals surface area contributed by atoms with E-state index in [1.54, 1.807) is 11.1 Å². The molecule has 6 aromatic carbocycles. The van der Waals surface area contributed by atoms with Crippen LogP contribution in [0.15, 0.2) is 155 Å². The number of hydrogen-bond donors (Lipinski definition) is 2. The molecule has 0 aliphatic carbocycles. The number of benzene rings is 6.